The third-order valence-electron chi connectivity index (χ3n) is 7.36. The van der Waals surface area contributed by atoms with Crippen molar-refractivity contribution in [2.24, 2.45) is 0 Å². The van der Waals surface area contributed by atoms with Gasteiger partial charge in [-0.3, -0.25) is 4.79 Å². The van der Waals surface area contributed by atoms with E-state index >= 15 is 0 Å². The Labute approximate surface area is 258 Å². The lowest BCUT2D eigenvalue weighted by Gasteiger charge is -2.20. The molecule has 2 heterocycles. The fourth-order valence-electron chi connectivity index (χ4n) is 5.23. The minimum Gasteiger partial charge on any atom is -0.507 e. The van der Waals surface area contributed by atoms with Crippen LogP contribution in [0.1, 0.15) is 36.8 Å². The fourth-order valence-corrected chi connectivity index (χ4v) is 5.39. The summed E-state index contributed by atoms with van der Waals surface area (Å²) in [4.78, 5) is 53.2. The number of carboxylic acid groups (broad SMARTS) is 2. The van der Waals surface area contributed by atoms with E-state index in [9.17, 15) is 34.5 Å². The molecule has 0 amide bonds. The number of esters is 1. The van der Waals surface area contributed by atoms with Gasteiger partial charge in [-0.25, -0.2) is 19.4 Å². The number of para-hydroxylation sites is 1. The zero-order valence-corrected chi connectivity index (χ0v) is 24.0. The second-order valence-electron chi connectivity index (χ2n) is 9.99. The summed E-state index contributed by atoms with van der Waals surface area (Å²) >= 11 is 6.23. The Morgan fingerprint density at radius 2 is 1.76 bits per heavy atom. The minimum atomic E-state index is -1.24. The second kappa shape index (κ2) is 11.3. The molecule has 0 atom stereocenters. The van der Waals surface area contributed by atoms with Crippen molar-refractivity contribution in [1.29, 1.82) is 0 Å². The van der Waals surface area contributed by atoms with Gasteiger partial charge < -0.3 is 29.8 Å². The van der Waals surface area contributed by atoms with Crippen LogP contribution in [0.4, 0.5) is 5.69 Å². The highest BCUT2D eigenvalue weighted by molar-refractivity contribution is 6.31. The number of phenolic OH excluding ortho intramolecular Hbond substituents is 1. The summed E-state index contributed by atoms with van der Waals surface area (Å²) in [5.74, 6) is -3.27. The van der Waals surface area contributed by atoms with Crippen LogP contribution in [0.3, 0.4) is 0 Å². The van der Waals surface area contributed by atoms with Crippen LogP contribution in [0.15, 0.2) is 82.0 Å². The lowest BCUT2D eigenvalue weighted by Crippen LogP contribution is -2.09. The van der Waals surface area contributed by atoms with E-state index in [-0.39, 0.29) is 56.6 Å². The molecule has 0 fully saturated rings. The van der Waals surface area contributed by atoms with Crippen molar-refractivity contribution in [3.05, 3.63) is 110 Å². The first-order chi connectivity index (χ1) is 21.6. The molecule has 0 bridgehead atoms. The first-order valence-corrected chi connectivity index (χ1v) is 13.7. The number of rotatable bonds is 7. The third kappa shape index (κ3) is 5.15. The number of carbonyl (C=O) groups excluding carboxylic acids is 1. The van der Waals surface area contributed by atoms with E-state index in [1.165, 1.54) is 49.6 Å². The van der Waals surface area contributed by atoms with Crippen LogP contribution in [0, 0.1) is 0 Å². The molecule has 0 spiro atoms. The van der Waals surface area contributed by atoms with Gasteiger partial charge in [0.25, 0.3) is 0 Å². The van der Waals surface area contributed by atoms with Gasteiger partial charge in [-0.1, -0.05) is 29.8 Å². The molecule has 1 aliphatic heterocycles. The molecule has 0 radical (unpaired) electrons. The molecule has 0 unspecified atom stereocenters. The average Bonchev–Trinajstić information content (AvgIpc) is 3.03. The van der Waals surface area contributed by atoms with Crippen molar-refractivity contribution < 1.29 is 38.9 Å². The Kier molecular flexibility index (Phi) is 7.31. The SMILES string of the molecule is COC(=O)c1ccc(C(=O)O)cc1-c1c2cc(Cl)c(=O)cc-2oc2c(CNc3cccc4ccc(C(=O)O)nc34)c(O)ccc12. The van der Waals surface area contributed by atoms with Crippen LogP contribution in [0.2, 0.25) is 5.02 Å². The number of hydrogen-bond donors (Lipinski definition) is 4. The summed E-state index contributed by atoms with van der Waals surface area (Å²) in [6.07, 6.45) is 0. The number of hydrogen-bond acceptors (Lipinski definition) is 9. The molecule has 45 heavy (non-hydrogen) atoms. The number of anilines is 1. The van der Waals surface area contributed by atoms with E-state index < -0.39 is 23.3 Å². The molecule has 2 aliphatic rings. The number of fused-ring (bicyclic) bond motifs is 3. The Hall–Kier alpha value is -5.94. The van der Waals surface area contributed by atoms with Crippen molar-refractivity contribution in [2.45, 2.75) is 6.54 Å². The van der Waals surface area contributed by atoms with Gasteiger partial charge in [-0.2, -0.15) is 0 Å². The number of carbonyl (C=O) groups is 3. The van der Waals surface area contributed by atoms with Gasteiger partial charge in [0.05, 0.1) is 40.0 Å². The fraction of sp³-hybridized carbons (Fsp3) is 0.0606. The summed E-state index contributed by atoms with van der Waals surface area (Å²) in [6, 6.07) is 17.7. The summed E-state index contributed by atoms with van der Waals surface area (Å²) in [6.45, 7) is -0.0490. The number of phenols is 1. The average molecular weight is 625 g/mol. The predicted octanol–water partition coefficient (Wildman–Crippen LogP) is 6.27. The van der Waals surface area contributed by atoms with Crippen molar-refractivity contribution in [3.8, 4) is 28.2 Å². The predicted molar refractivity (Wildman–Crippen MR) is 166 cm³/mol. The van der Waals surface area contributed by atoms with Crippen LogP contribution in [-0.4, -0.2) is 45.3 Å². The molecule has 12 heteroatoms. The van der Waals surface area contributed by atoms with Gasteiger partial charge in [0.1, 0.15) is 22.8 Å². The number of nitrogens with zero attached hydrogens (tertiary/aromatic N) is 1. The van der Waals surface area contributed by atoms with Crippen molar-refractivity contribution in [2.75, 3.05) is 12.4 Å². The van der Waals surface area contributed by atoms with Crippen LogP contribution < -0.4 is 10.7 Å². The summed E-state index contributed by atoms with van der Waals surface area (Å²) in [5.41, 5.74) is 1.28. The van der Waals surface area contributed by atoms with E-state index in [2.05, 4.69) is 10.3 Å². The van der Waals surface area contributed by atoms with Crippen molar-refractivity contribution in [3.63, 3.8) is 0 Å². The molecule has 3 aromatic carbocycles. The highest BCUT2D eigenvalue weighted by atomic mass is 35.5. The number of methoxy groups -OCH3 is 1. The number of ether oxygens (including phenoxy) is 1. The molecule has 224 valence electrons. The van der Waals surface area contributed by atoms with E-state index in [1.54, 1.807) is 30.3 Å². The molecule has 1 aliphatic carbocycles. The zero-order chi connectivity index (χ0) is 32.0. The normalized spacial score (nSPS) is 11.2. The molecular formula is C33H21ClN2O9. The number of aromatic carboxylic acids is 2. The van der Waals surface area contributed by atoms with Gasteiger partial charge in [-0.05, 0) is 54.1 Å². The van der Waals surface area contributed by atoms with Crippen LogP contribution in [0.5, 0.6) is 5.75 Å². The number of aromatic hydroxyl groups is 1. The molecular weight excluding hydrogens is 604 g/mol. The van der Waals surface area contributed by atoms with E-state index in [1.807, 2.05) is 0 Å². The molecule has 4 N–H and O–H groups in total. The van der Waals surface area contributed by atoms with Crippen LogP contribution >= 0.6 is 11.6 Å². The number of halogens is 1. The Morgan fingerprint density at radius 3 is 2.49 bits per heavy atom. The van der Waals surface area contributed by atoms with E-state index in [4.69, 9.17) is 20.8 Å². The first-order valence-electron chi connectivity index (χ1n) is 13.3. The second-order valence-corrected chi connectivity index (χ2v) is 10.4. The van der Waals surface area contributed by atoms with Crippen molar-refractivity contribution >= 4 is 57.1 Å². The Bertz CT molecular complexity index is 2240. The number of benzene rings is 4. The highest BCUT2D eigenvalue weighted by Crippen LogP contribution is 2.45. The smallest absolute Gasteiger partial charge is 0.354 e. The maximum atomic E-state index is 12.9. The molecule has 0 saturated carbocycles. The van der Waals surface area contributed by atoms with Gasteiger partial charge >= 0.3 is 17.9 Å². The molecule has 6 rings (SSSR count). The largest absolute Gasteiger partial charge is 0.507 e. The topological polar surface area (TPSA) is 176 Å². The number of nitrogens with one attached hydrogen (secondary N) is 1. The quantitative estimate of drug-likeness (QED) is 0.116. The maximum absolute atomic E-state index is 12.9. The van der Waals surface area contributed by atoms with E-state index in [0.29, 0.717) is 33.1 Å². The van der Waals surface area contributed by atoms with Gasteiger partial charge in [0, 0.05) is 34.5 Å². The van der Waals surface area contributed by atoms with Crippen LogP contribution in [0.25, 0.3) is 44.3 Å². The summed E-state index contributed by atoms with van der Waals surface area (Å²) < 4.78 is 11.2. The standard InChI is InChI=1S/C33H21ClN2O9/c1-44-33(43)17-7-5-16(31(39)40)11-19(17)28-18-8-10-25(37)21(30(18)45-27-13-26(38)22(34)12-20(27)28)14-35-23-4-2-3-15-6-9-24(32(41)42)36-29(15)23/h2-13,35,37H,14H2,1H3,(H,39,40)(H,41,42). The third-order valence-corrected chi connectivity index (χ3v) is 7.65. The van der Waals surface area contributed by atoms with E-state index in [0.717, 1.165) is 0 Å². The summed E-state index contributed by atoms with van der Waals surface area (Å²) in [7, 11) is 1.19. The van der Waals surface area contributed by atoms with Gasteiger partial charge in [-0.15, -0.1) is 0 Å². The minimum absolute atomic E-state index is 0.0439. The van der Waals surface area contributed by atoms with Crippen LogP contribution in [-0.2, 0) is 11.3 Å². The molecule has 11 nitrogen and oxygen atoms in total. The monoisotopic (exact) mass is 624 g/mol. The van der Waals surface area contributed by atoms with Gasteiger partial charge in [0.2, 0.25) is 5.43 Å². The number of aromatic nitrogens is 1. The molecule has 4 aromatic rings. The highest BCUT2D eigenvalue weighted by Gasteiger charge is 2.26. The van der Waals surface area contributed by atoms with Gasteiger partial charge in [0.15, 0.2) is 0 Å². The van der Waals surface area contributed by atoms with Crippen molar-refractivity contribution in [1.82, 2.24) is 4.98 Å². The Morgan fingerprint density at radius 1 is 0.956 bits per heavy atom. The maximum Gasteiger partial charge on any atom is 0.354 e. The molecule has 1 aromatic heterocycles. The summed E-state index contributed by atoms with van der Waals surface area (Å²) in [5, 5.41) is 34.3. The Balaban J connectivity index is 1.61. The number of carboxylic acids is 2. The zero-order valence-electron chi connectivity index (χ0n) is 23.3. The lowest BCUT2D eigenvalue weighted by atomic mass is 9.89. The number of pyridine rings is 1. The lowest BCUT2D eigenvalue weighted by molar-refractivity contribution is 0.0598. The molecule has 0 saturated heterocycles. The first kappa shape index (κ1) is 29.1.